The van der Waals surface area contributed by atoms with E-state index >= 15 is 0 Å². The number of aromatic nitrogens is 1. The van der Waals surface area contributed by atoms with Crippen molar-refractivity contribution in [3.63, 3.8) is 0 Å². The van der Waals surface area contributed by atoms with E-state index in [2.05, 4.69) is 10.3 Å². The lowest BCUT2D eigenvalue weighted by molar-refractivity contribution is 0.0697. The minimum absolute atomic E-state index is 0.000311. The van der Waals surface area contributed by atoms with E-state index in [4.69, 9.17) is 4.74 Å². The number of carbonyl (C=O) groups is 2. The maximum Gasteiger partial charge on any atom is 0.253 e. The summed E-state index contributed by atoms with van der Waals surface area (Å²) in [4.78, 5) is 30.7. The van der Waals surface area contributed by atoms with Crippen molar-refractivity contribution in [1.82, 2.24) is 15.2 Å². The molecule has 0 spiro atoms. The number of amides is 2. The molecular weight excluding hydrogens is 330 g/mol. The fourth-order valence-corrected chi connectivity index (χ4v) is 3.13. The molecular formula is C20H23N3O3. The molecule has 0 unspecified atom stereocenters. The SMILES string of the molecule is COc1cc(C(=O)N2CCC(NC(=O)c3cccnc3)CC2)ccc1C. The van der Waals surface area contributed by atoms with Crippen molar-refractivity contribution < 1.29 is 14.3 Å². The van der Waals surface area contributed by atoms with Crippen LogP contribution in [0.15, 0.2) is 42.7 Å². The van der Waals surface area contributed by atoms with E-state index in [0.29, 0.717) is 24.2 Å². The number of nitrogens with one attached hydrogen (secondary N) is 1. The molecule has 1 aliphatic heterocycles. The Labute approximate surface area is 153 Å². The first-order chi connectivity index (χ1) is 12.6. The van der Waals surface area contributed by atoms with Crippen LogP contribution in [0.1, 0.15) is 39.1 Å². The number of aryl methyl sites for hydroxylation is 1. The molecule has 2 aromatic rings. The summed E-state index contributed by atoms with van der Waals surface area (Å²) in [6.45, 7) is 3.18. The molecule has 1 aromatic heterocycles. The van der Waals surface area contributed by atoms with Crippen molar-refractivity contribution in [3.05, 3.63) is 59.4 Å². The highest BCUT2D eigenvalue weighted by Gasteiger charge is 2.25. The highest BCUT2D eigenvalue weighted by atomic mass is 16.5. The van der Waals surface area contributed by atoms with Crippen LogP contribution in [0.4, 0.5) is 0 Å². The molecule has 26 heavy (non-hydrogen) atoms. The van der Waals surface area contributed by atoms with Crippen molar-refractivity contribution in [2.45, 2.75) is 25.8 Å². The fraction of sp³-hybridized carbons (Fsp3) is 0.350. The third-order valence-electron chi connectivity index (χ3n) is 4.70. The summed E-state index contributed by atoms with van der Waals surface area (Å²) in [6, 6.07) is 9.06. The van der Waals surface area contributed by atoms with Crippen LogP contribution in [0.25, 0.3) is 0 Å². The first kappa shape index (κ1) is 17.9. The predicted molar refractivity (Wildman–Crippen MR) is 98.4 cm³/mol. The van der Waals surface area contributed by atoms with Gasteiger partial charge >= 0.3 is 0 Å². The monoisotopic (exact) mass is 353 g/mol. The maximum atomic E-state index is 12.7. The van der Waals surface area contributed by atoms with E-state index in [0.717, 1.165) is 24.2 Å². The summed E-state index contributed by atoms with van der Waals surface area (Å²) in [5.41, 5.74) is 2.18. The number of methoxy groups -OCH3 is 1. The Hall–Kier alpha value is -2.89. The van der Waals surface area contributed by atoms with Crippen molar-refractivity contribution in [2.75, 3.05) is 20.2 Å². The van der Waals surface area contributed by atoms with E-state index in [9.17, 15) is 9.59 Å². The number of hydrogen-bond acceptors (Lipinski definition) is 4. The Bertz CT molecular complexity index is 784. The third-order valence-corrected chi connectivity index (χ3v) is 4.70. The lowest BCUT2D eigenvalue weighted by Gasteiger charge is -2.32. The molecule has 136 valence electrons. The summed E-state index contributed by atoms with van der Waals surface area (Å²) >= 11 is 0. The van der Waals surface area contributed by atoms with Gasteiger partial charge in [0.25, 0.3) is 11.8 Å². The molecule has 6 nitrogen and oxygen atoms in total. The second-order valence-electron chi connectivity index (χ2n) is 6.47. The average Bonchev–Trinajstić information content (AvgIpc) is 2.69. The van der Waals surface area contributed by atoms with Crippen molar-refractivity contribution in [1.29, 1.82) is 0 Å². The summed E-state index contributed by atoms with van der Waals surface area (Å²) in [7, 11) is 1.60. The zero-order valence-electron chi connectivity index (χ0n) is 15.1. The summed E-state index contributed by atoms with van der Waals surface area (Å²) in [5, 5.41) is 3.02. The number of ether oxygens (including phenoxy) is 1. The predicted octanol–water partition coefficient (Wildman–Crippen LogP) is 2.43. The molecule has 0 radical (unpaired) electrons. The maximum absolute atomic E-state index is 12.7. The Morgan fingerprint density at radius 2 is 1.96 bits per heavy atom. The van der Waals surface area contributed by atoms with Gasteiger partial charge < -0.3 is 15.0 Å². The van der Waals surface area contributed by atoms with Crippen molar-refractivity contribution in [3.8, 4) is 5.75 Å². The number of carbonyl (C=O) groups excluding carboxylic acids is 2. The second-order valence-corrected chi connectivity index (χ2v) is 6.47. The van der Waals surface area contributed by atoms with Gasteiger partial charge in [0.05, 0.1) is 12.7 Å². The molecule has 1 fully saturated rings. The lowest BCUT2D eigenvalue weighted by atomic mass is 10.0. The molecule has 0 saturated carbocycles. The van der Waals surface area contributed by atoms with Crippen LogP contribution < -0.4 is 10.1 Å². The summed E-state index contributed by atoms with van der Waals surface area (Å²) < 4.78 is 5.30. The van der Waals surface area contributed by atoms with E-state index in [1.807, 2.05) is 24.0 Å². The Balaban J connectivity index is 1.56. The van der Waals surface area contributed by atoms with Gasteiger partial charge in [0.1, 0.15) is 5.75 Å². The van der Waals surface area contributed by atoms with Crippen LogP contribution in [0, 0.1) is 6.92 Å². The van der Waals surface area contributed by atoms with Crippen LogP contribution in [0.3, 0.4) is 0 Å². The van der Waals surface area contributed by atoms with Crippen molar-refractivity contribution >= 4 is 11.8 Å². The molecule has 1 aliphatic rings. The number of benzene rings is 1. The zero-order valence-corrected chi connectivity index (χ0v) is 15.1. The highest BCUT2D eigenvalue weighted by Crippen LogP contribution is 2.21. The molecule has 2 heterocycles. The van der Waals surface area contributed by atoms with E-state index in [1.165, 1.54) is 0 Å². The molecule has 0 bridgehead atoms. The standard InChI is InChI=1S/C20H23N3O3/c1-14-5-6-15(12-18(14)26-2)20(25)23-10-7-17(8-11-23)22-19(24)16-4-3-9-21-13-16/h3-6,9,12-13,17H,7-8,10-11H2,1-2H3,(H,22,24). The van der Waals surface area contributed by atoms with Gasteiger partial charge in [0, 0.05) is 37.1 Å². The quantitative estimate of drug-likeness (QED) is 0.916. The van der Waals surface area contributed by atoms with Gasteiger partial charge in [0.2, 0.25) is 0 Å². The molecule has 0 atom stereocenters. The molecule has 1 saturated heterocycles. The van der Waals surface area contributed by atoms with Gasteiger partial charge in [-0.05, 0) is 49.6 Å². The van der Waals surface area contributed by atoms with Crippen molar-refractivity contribution in [2.24, 2.45) is 0 Å². The van der Waals surface area contributed by atoms with E-state index in [1.54, 1.807) is 37.7 Å². The average molecular weight is 353 g/mol. The third kappa shape index (κ3) is 4.02. The van der Waals surface area contributed by atoms with Crippen LogP contribution >= 0.6 is 0 Å². The minimum Gasteiger partial charge on any atom is -0.496 e. The molecule has 1 N–H and O–H groups in total. The number of pyridine rings is 1. The summed E-state index contributed by atoms with van der Waals surface area (Å²) in [5.74, 6) is 0.598. The number of rotatable bonds is 4. The highest BCUT2D eigenvalue weighted by molar-refractivity contribution is 5.95. The topological polar surface area (TPSA) is 71.5 Å². The normalized spacial score (nSPS) is 14.8. The van der Waals surface area contributed by atoms with Crippen LogP contribution in [-0.4, -0.2) is 47.9 Å². The van der Waals surface area contributed by atoms with E-state index in [-0.39, 0.29) is 17.9 Å². The Kier molecular flexibility index (Phi) is 5.51. The Morgan fingerprint density at radius 1 is 1.19 bits per heavy atom. The minimum atomic E-state index is -0.119. The van der Waals surface area contributed by atoms with Gasteiger partial charge in [-0.15, -0.1) is 0 Å². The van der Waals surface area contributed by atoms with E-state index < -0.39 is 0 Å². The number of nitrogens with zero attached hydrogens (tertiary/aromatic N) is 2. The lowest BCUT2D eigenvalue weighted by Crippen LogP contribution is -2.46. The molecule has 1 aromatic carbocycles. The molecule has 6 heteroatoms. The second kappa shape index (κ2) is 7.99. The van der Waals surface area contributed by atoms with Gasteiger partial charge in [-0.3, -0.25) is 14.6 Å². The number of hydrogen-bond donors (Lipinski definition) is 1. The van der Waals surface area contributed by atoms with Gasteiger partial charge in [-0.25, -0.2) is 0 Å². The van der Waals surface area contributed by atoms with Crippen LogP contribution in [-0.2, 0) is 0 Å². The first-order valence-electron chi connectivity index (χ1n) is 8.73. The van der Waals surface area contributed by atoms with Crippen LogP contribution in [0.5, 0.6) is 5.75 Å². The van der Waals surface area contributed by atoms with Gasteiger partial charge in [0.15, 0.2) is 0 Å². The summed E-state index contributed by atoms with van der Waals surface area (Å²) in [6.07, 6.45) is 4.67. The molecule has 2 amide bonds. The molecule has 3 rings (SSSR count). The smallest absolute Gasteiger partial charge is 0.253 e. The number of piperidine rings is 1. The number of likely N-dealkylation sites (tertiary alicyclic amines) is 1. The Morgan fingerprint density at radius 3 is 2.62 bits per heavy atom. The van der Waals surface area contributed by atoms with Crippen LogP contribution in [0.2, 0.25) is 0 Å². The van der Waals surface area contributed by atoms with Gasteiger partial charge in [-0.1, -0.05) is 6.07 Å². The largest absolute Gasteiger partial charge is 0.496 e. The molecule has 0 aliphatic carbocycles. The first-order valence-corrected chi connectivity index (χ1v) is 8.73. The zero-order chi connectivity index (χ0) is 18.5. The fourth-order valence-electron chi connectivity index (χ4n) is 3.13. The van der Waals surface area contributed by atoms with Gasteiger partial charge in [-0.2, -0.15) is 0 Å².